The van der Waals surface area contributed by atoms with Crippen LogP contribution in [0.3, 0.4) is 0 Å². The Hall–Kier alpha value is -4.10. The molecule has 0 aliphatic rings. The third kappa shape index (κ3) is 4.79. The number of hydrogen-bond acceptors (Lipinski definition) is 5. The van der Waals surface area contributed by atoms with Gasteiger partial charge in [-0.25, -0.2) is 4.39 Å². The average Bonchev–Trinajstić information content (AvgIpc) is 3.48. The molecule has 0 saturated heterocycles. The Morgan fingerprint density at radius 3 is 2.53 bits per heavy atom. The predicted octanol–water partition coefficient (Wildman–Crippen LogP) is 5.50. The summed E-state index contributed by atoms with van der Waals surface area (Å²) < 4.78 is 29.7. The zero-order chi connectivity index (χ0) is 22.5. The van der Waals surface area contributed by atoms with Gasteiger partial charge in [0.2, 0.25) is 5.91 Å². The maximum absolute atomic E-state index is 13.1. The van der Waals surface area contributed by atoms with Crippen molar-refractivity contribution in [3.05, 3.63) is 90.1 Å². The Kier molecular flexibility index (Phi) is 6.19. The molecule has 2 aromatic heterocycles. The highest BCUT2D eigenvalue weighted by Crippen LogP contribution is 2.33. The second-order valence-corrected chi connectivity index (χ2v) is 6.87. The van der Waals surface area contributed by atoms with Crippen LogP contribution in [0.15, 0.2) is 81.6 Å². The van der Waals surface area contributed by atoms with Crippen molar-refractivity contribution in [2.75, 3.05) is 12.4 Å². The minimum atomic E-state index is -0.347. The number of methoxy groups -OCH3 is 1. The SMILES string of the molecule is COc1cc(NC(=O)/C=C/c2ccc(-c3ccc(F)cc3)o2)ccc1-c1ccc(CO)o1. The Morgan fingerprint density at radius 1 is 1.03 bits per heavy atom. The summed E-state index contributed by atoms with van der Waals surface area (Å²) in [7, 11) is 1.52. The molecule has 0 aliphatic heterocycles. The fourth-order valence-electron chi connectivity index (χ4n) is 3.13. The minimum absolute atomic E-state index is 0.191. The molecule has 2 heterocycles. The Morgan fingerprint density at radius 2 is 1.81 bits per heavy atom. The number of halogens is 1. The van der Waals surface area contributed by atoms with E-state index in [2.05, 4.69) is 5.32 Å². The molecule has 0 unspecified atom stereocenters. The summed E-state index contributed by atoms with van der Waals surface area (Å²) in [5.41, 5.74) is 1.98. The van der Waals surface area contributed by atoms with Crippen LogP contribution in [0.1, 0.15) is 11.5 Å². The molecule has 0 bridgehead atoms. The van der Waals surface area contributed by atoms with E-state index in [0.29, 0.717) is 40.0 Å². The molecule has 1 amide bonds. The molecule has 0 spiro atoms. The van der Waals surface area contributed by atoms with E-state index in [9.17, 15) is 14.3 Å². The number of nitrogens with one attached hydrogen (secondary N) is 1. The molecule has 0 fully saturated rings. The highest BCUT2D eigenvalue weighted by atomic mass is 19.1. The predicted molar refractivity (Wildman–Crippen MR) is 118 cm³/mol. The first-order chi connectivity index (χ1) is 15.6. The lowest BCUT2D eigenvalue weighted by Gasteiger charge is -2.09. The van der Waals surface area contributed by atoms with Crippen molar-refractivity contribution in [3.8, 4) is 28.4 Å². The molecule has 7 heteroatoms. The summed E-state index contributed by atoms with van der Waals surface area (Å²) in [6.07, 6.45) is 2.90. The van der Waals surface area contributed by atoms with Crippen LogP contribution in [0.2, 0.25) is 0 Å². The third-order valence-corrected chi connectivity index (χ3v) is 4.71. The summed E-state index contributed by atoms with van der Waals surface area (Å²) in [5.74, 6) is 1.92. The van der Waals surface area contributed by atoms with Gasteiger partial charge >= 0.3 is 0 Å². The summed E-state index contributed by atoms with van der Waals surface area (Å²) in [6.45, 7) is -0.191. The Balaban J connectivity index is 1.43. The van der Waals surface area contributed by atoms with Gasteiger partial charge in [0.05, 0.1) is 12.7 Å². The number of furan rings is 2. The van der Waals surface area contributed by atoms with Crippen molar-refractivity contribution in [2.24, 2.45) is 0 Å². The van der Waals surface area contributed by atoms with Gasteiger partial charge in [0.15, 0.2) is 0 Å². The van der Waals surface area contributed by atoms with Gasteiger partial charge in [0, 0.05) is 23.4 Å². The summed E-state index contributed by atoms with van der Waals surface area (Å²) in [5, 5.41) is 11.9. The molecule has 4 rings (SSSR count). The van der Waals surface area contributed by atoms with Crippen LogP contribution in [0.4, 0.5) is 10.1 Å². The van der Waals surface area contributed by atoms with Gasteiger partial charge in [0.25, 0.3) is 0 Å². The van der Waals surface area contributed by atoms with E-state index in [1.165, 1.54) is 25.3 Å². The molecule has 32 heavy (non-hydrogen) atoms. The van der Waals surface area contributed by atoms with Crippen LogP contribution in [-0.2, 0) is 11.4 Å². The number of carbonyl (C=O) groups excluding carboxylic acids is 1. The van der Waals surface area contributed by atoms with E-state index in [1.54, 1.807) is 60.7 Å². The van der Waals surface area contributed by atoms with E-state index in [1.807, 2.05) is 0 Å². The molecule has 0 saturated carbocycles. The van der Waals surface area contributed by atoms with Crippen molar-refractivity contribution in [2.45, 2.75) is 6.61 Å². The lowest BCUT2D eigenvalue weighted by molar-refractivity contribution is -0.111. The van der Waals surface area contributed by atoms with Crippen molar-refractivity contribution in [3.63, 3.8) is 0 Å². The van der Waals surface area contributed by atoms with Gasteiger partial charge in [-0.2, -0.15) is 0 Å². The van der Waals surface area contributed by atoms with E-state index >= 15 is 0 Å². The lowest BCUT2D eigenvalue weighted by atomic mass is 10.1. The summed E-state index contributed by atoms with van der Waals surface area (Å²) in [6, 6.07) is 18.0. The molecule has 4 aromatic rings. The number of carbonyl (C=O) groups is 1. The van der Waals surface area contributed by atoms with Gasteiger partial charge in [-0.1, -0.05) is 0 Å². The van der Waals surface area contributed by atoms with Crippen molar-refractivity contribution in [1.29, 1.82) is 0 Å². The summed E-state index contributed by atoms with van der Waals surface area (Å²) in [4.78, 5) is 12.3. The number of hydrogen-bond donors (Lipinski definition) is 2. The van der Waals surface area contributed by atoms with Crippen LogP contribution < -0.4 is 10.1 Å². The lowest BCUT2D eigenvalue weighted by Crippen LogP contribution is -2.07. The smallest absolute Gasteiger partial charge is 0.248 e. The first-order valence-electron chi connectivity index (χ1n) is 9.78. The zero-order valence-corrected chi connectivity index (χ0v) is 17.2. The quantitative estimate of drug-likeness (QED) is 0.376. The van der Waals surface area contributed by atoms with Crippen LogP contribution >= 0.6 is 0 Å². The minimum Gasteiger partial charge on any atom is -0.496 e. The monoisotopic (exact) mass is 433 g/mol. The fourth-order valence-corrected chi connectivity index (χ4v) is 3.13. The zero-order valence-electron chi connectivity index (χ0n) is 17.2. The second kappa shape index (κ2) is 9.36. The third-order valence-electron chi connectivity index (χ3n) is 4.71. The van der Waals surface area contributed by atoms with Crippen molar-refractivity contribution < 1.29 is 27.9 Å². The highest BCUT2D eigenvalue weighted by Gasteiger charge is 2.12. The molecule has 6 nitrogen and oxygen atoms in total. The molecule has 2 aromatic carbocycles. The van der Waals surface area contributed by atoms with Gasteiger partial charge in [-0.15, -0.1) is 0 Å². The van der Waals surface area contributed by atoms with E-state index in [4.69, 9.17) is 13.6 Å². The molecule has 0 atom stereocenters. The number of aliphatic hydroxyl groups is 1. The van der Waals surface area contributed by atoms with Crippen molar-refractivity contribution >= 4 is 17.7 Å². The van der Waals surface area contributed by atoms with E-state index < -0.39 is 0 Å². The molecular formula is C25H20FNO5. The second-order valence-electron chi connectivity index (χ2n) is 6.87. The van der Waals surface area contributed by atoms with Gasteiger partial charge in [0.1, 0.15) is 41.2 Å². The first kappa shape index (κ1) is 21.1. The number of aliphatic hydroxyl groups excluding tert-OH is 1. The molecule has 2 N–H and O–H groups in total. The number of anilines is 1. The fraction of sp³-hybridized carbons (Fsp3) is 0.0800. The molecule has 0 aliphatic carbocycles. The average molecular weight is 433 g/mol. The van der Waals surface area contributed by atoms with Crippen LogP contribution in [0, 0.1) is 5.82 Å². The molecule has 0 radical (unpaired) electrons. The van der Waals surface area contributed by atoms with Crippen LogP contribution in [0.5, 0.6) is 5.75 Å². The van der Waals surface area contributed by atoms with E-state index in [-0.39, 0.29) is 18.3 Å². The molecular weight excluding hydrogens is 413 g/mol. The Labute approximate surface area is 183 Å². The number of rotatable bonds is 7. The first-order valence-corrected chi connectivity index (χ1v) is 9.78. The number of benzene rings is 2. The van der Waals surface area contributed by atoms with Gasteiger partial charge in [-0.3, -0.25) is 4.79 Å². The highest BCUT2D eigenvalue weighted by molar-refractivity contribution is 6.02. The van der Waals surface area contributed by atoms with Crippen LogP contribution in [-0.4, -0.2) is 18.1 Å². The van der Waals surface area contributed by atoms with Gasteiger partial charge < -0.3 is 24.0 Å². The van der Waals surface area contributed by atoms with E-state index in [0.717, 1.165) is 5.56 Å². The van der Waals surface area contributed by atoms with Gasteiger partial charge in [-0.05, 0) is 66.7 Å². The standard InChI is InChI=1S/C25H20FNO5/c1-30-24-14-18(6-10-21(24)23-12-8-20(15-28)32-23)27-25(29)13-9-19-7-11-22(31-19)16-2-4-17(26)5-3-16/h2-14,28H,15H2,1H3,(H,27,29)/b13-9+. The Bertz CT molecular complexity index is 1250. The maximum atomic E-state index is 13.1. The topological polar surface area (TPSA) is 84.8 Å². The normalized spacial score (nSPS) is 11.1. The maximum Gasteiger partial charge on any atom is 0.248 e. The van der Waals surface area contributed by atoms with Crippen LogP contribution in [0.25, 0.3) is 28.7 Å². The van der Waals surface area contributed by atoms with Crippen molar-refractivity contribution in [1.82, 2.24) is 0 Å². The number of ether oxygens (including phenoxy) is 1. The number of amides is 1. The largest absolute Gasteiger partial charge is 0.496 e. The summed E-state index contributed by atoms with van der Waals surface area (Å²) >= 11 is 0. The molecule has 162 valence electrons.